The number of rotatable bonds is 5. The number of carbonyl (C=O) groups excluding carboxylic acids is 2. The number of allylic oxidation sites excluding steroid dienone is 1. The van der Waals surface area contributed by atoms with Crippen LogP contribution in [-0.2, 0) is 4.79 Å². The second-order valence-corrected chi connectivity index (χ2v) is 5.20. The molecule has 0 bridgehead atoms. The third-order valence-electron chi connectivity index (χ3n) is 3.10. The molecule has 0 fully saturated rings. The van der Waals surface area contributed by atoms with Crippen LogP contribution < -0.4 is 5.48 Å². The number of carbonyl (C=O) groups is 2. The van der Waals surface area contributed by atoms with Crippen molar-refractivity contribution in [2.45, 2.75) is 0 Å². The highest BCUT2D eigenvalue weighted by Crippen LogP contribution is 2.20. The predicted octanol–water partition coefficient (Wildman–Crippen LogP) is 3.89. The summed E-state index contributed by atoms with van der Waals surface area (Å²) in [6.07, 6.45) is 5.54. The minimum atomic E-state index is -0.653. The third kappa shape index (κ3) is 4.87. The highest BCUT2D eigenvalue weighted by molar-refractivity contribution is 6.32. The second-order valence-electron chi connectivity index (χ2n) is 4.79. The number of amides is 1. The first-order valence-electron chi connectivity index (χ1n) is 6.89. The summed E-state index contributed by atoms with van der Waals surface area (Å²) in [6.45, 7) is 0. The normalized spacial score (nSPS) is 11.1. The Bertz CT molecular complexity index is 814. The summed E-state index contributed by atoms with van der Waals surface area (Å²) >= 11 is 6.13. The third-order valence-corrected chi connectivity index (χ3v) is 3.43. The summed E-state index contributed by atoms with van der Waals surface area (Å²) < 4.78 is 12.8. The maximum atomic E-state index is 12.8. The van der Waals surface area contributed by atoms with Crippen molar-refractivity contribution in [1.29, 1.82) is 0 Å². The fourth-order valence-corrected chi connectivity index (χ4v) is 2.12. The summed E-state index contributed by atoms with van der Waals surface area (Å²) in [5.74, 6) is -1.33. The Hall–Kier alpha value is -2.76. The van der Waals surface area contributed by atoms with Crippen molar-refractivity contribution in [2.24, 2.45) is 0 Å². The SMILES string of the molecule is O=C(C=Cc1ccc(C=CC(=O)c2ccc(F)cc2)c(Cl)c1)NO. The molecule has 0 aromatic heterocycles. The number of benzene rings is 2. The molecule has 122 valence electrons. The van der Waals surface area contributed by atoms with Crippen LogP contribution >= 0.6 is 11.6 Å². The van der Waals surface area contributed by atoms with Gasteiger partial charge >= 0.3 is 0 Å². The van der Waals surface area contributed by atoms with E-state index in [1.54, 1.807) is 24.3 Å². The lowest BCUT2D eigenvalue weighted by molar-refractivity contribution is -0.124. The van der Waals surface area contributed by atoms with Crippen LogP contribution in [0.25, 0.3) is 12.2 Å². The van der Waals surface area contributed by atoms with Crippen LogP contribution in [0.3, 0.4) is 0 Å². The second kappa shape index (κ2) is 8.19. The molecule has 0 aliphatic rings. The Kier molecular flexibility index (Phi) is 6.01. The van der Waals surface area contributed by atoms with E-state index in [9.17, 15) is 14.0 Å². The number of halogens is 2. The van der Waals surface area contributed by atoms with Crippen molar-refractivity contribution in [3.8, 4) is 0 Å². The molecule has 0 aliphatic heterocycles. The van der Waals surface area contributed by atoms with E-state index in [0.29, 0.717) is 21.7 Å². The predicted molar refractivity (Wildman–Crippen MR) is 90.2 cm³/mol. The first-order chi connectivity index (χ1) is 11.5. The van der Waals surface area contributed by atoms with E-state index in [1.165, 1.54) is 41.9 Å². The molecule has 0 heterocycles. The van der Waals surface area contributed by atoms with Crippen LogP contribution in [0, 0.1) is 5.82 Å². The van der Waals surface area contributed by atoms with E-state index < -0.39 is 11.7 Å². The summed E-state index contributed by atoms with van der Waals surface area (Å²) in [5.41, 5.74) is 3.13. The Labute approximate surface area is 142 Å². The number of hydrogen-bond acceptors (Lipinski definition) is 3. The Balaban J connectivity index is 2.12. The molecule has 4 nitrogen and oxygen atoms in total. The number of nitrogens with one attached hydrogen (secondary N) is 1. The highest BCUT2D eigenvalue weighted by atomic mass is 35.5. The first-order valence-corrected chi connectivity index (χ1v) is 7.27. The quantitative estimate of drug-likeness (QED) is 0.374. The standard InChI is InChI=1S/C18H13ClFNO3/c19-16-11-12(2-10-18(23)21-24)1-3-13(16)6-9-17(22)14-4-7-15(20)8-5-14/h1-11,24H,(H,21,23). The molecule has 0 radical (unpaired) electrons. The lowest BCUT2D eigenvalue weighted by Gasteiger charge is -2.01. The molecule has 2 aromatic carbocycles. The zero-order chi connectivity index (χ0) is 17.5. The number of ketones is 1. The average Bonchev–Trinajstić information content (AvgIpc) is 2.59. The van der Waals surface area contributed by atoms with Crippen LogP contribution in [-0.4, -0.2) is 16.9 Å². The molecule has 2 aromatic rings. The van der Waals surface area contributed by atoms with Gasteiger partial charge in [-0.2, -0.15) is 0 Å². The Morgan fingerprint density at radius 1 is 1.04 bits per heavy atom. The lowest BCUT2D eigenvalue weighted by atomic mass is 10.1. The molecule has 0 unspecified atom stereocenters. The monoisotopic (exact) mass is 345 g/mol. The fraction of sp³-hybridized carbons (Fsp3) is 0. The molecular formula is C18H13ClFNO3. The van der Waals surface area contributed by atoms with Gasteiger partial charge in [-0.15, -0.1) is 0 Å². The smallest absolute Gasteiger partial charge is 0.267 e. The first kappa shape index (κ1) is 17.6. The molecule has 0 saturated heterocycles. The van der Waals surface area contributed by atoms with Crippen molar-refractivity contribution < 1.29 is 19.2 Å². The summed E-state index contributed by atoms with van der Waals surface area (Å²) in [5, 5.41) is 8.80. The maximum Gasteiger partial charge on any atom is 0.267 e. The minimum absolute atomic E-state index is 0.269. The summed E-state index contributed by atoms with van der Waals surface area (Å²) in [7, 11) is 0. The van der Waals surface area contributed by atoms with Crippen LogP contribution in [0.15, 0.2) is 54.6 Å². The topological polar surface area (TPSA) is 66.4 Å². The van der Waals surface area contributed by atoms with Gasteiger partial charge in [-0.05, 0) is 59.7 Å². The summed E-state index contributed by atoms with van der Waals surface area (Å²) in [4.78, 5) is 22.9. The maximum absolute atomic E-state index is 12.8. The largest absolute Gasteiger partial charge is 0.289 e. The van der Waals surface area contributed by atoms with Crippen molar-refractivity contribution in [3.05, 3.63) is 82.1 Å². The van der Waals surface area contributed by atoms with Gasteiger partial charge in [0.1, 0.15) is 5.82 Å². The Morgan fingerprint density at radius 3 is 2.38 bits per heavy atom. The van der Waals surface area contributed by atoms with E-state index >= 15 is 0 Å². The fourth-order valence-electron chi connectivity index (χ4n) is 1.87. The molecule has 0 atom stereocenters. The molecule has 1 amide bonds. The highest BCUT2D eigenvalue weighted by Gasteiger charge is 2.03. The van der Waals surface area contributed by atoms with Crippen molar-refractivity contribution in [2.75, 3.05) is 0 Å². The molecule has 0 spiro atoms. The molecule has 2 N–H and O–H groups in total. The van der Waals surface area contributed by atoms with Crippen molar-refractivity contribution in [3.63, 3.8) is 0 Å². The van der Waals surface area contributed by atoms with Gasteiger partial charge in [-0.3, -0.25) is 14.8 Å². The molecule has 2 rings (SSSR count). The zero-order valence-electron chi connectivity index (χ0n) is 12.4. The Morgan fingerprint density at radius 2 is 1.75 bits per heavy atom. The van der Waals surface area contributed by atoms with E-state index in [0.717, 1.165) is 6.08 Å². The minimum Gasteiger partial charge on any atom is -0.289 e. The molecule has 6 heteroatoms. The van der Waals surface area contributed by atoms with E-state index in [4.69, 9.17) is 16.8 Å². The number of hydroxylamine groups is 1. The van der Waals surface area contributed by atoms with Gasteiger partial charge < -0.3 is 0 Å². The van der Waals surface area contributed by atoms with Gasteiger partial charge in [0.05, 0.1) is 0 Å². The van der Waals surface area contributed by atoms with E-state index in [-0.39, 0.29) is 5.78 Å². The van der Waals surface area contributed by atoms with Gasteiger partial charge in [-0.25, -0.2) is 9.87 Å². The van der Waals surface area contributed by atoms with Gasteiger partial charge in [0.2, 0.25) is 0 Å². The molecule has 0 saturated carbocycles. The van der Waals surface area contributed by atoms with Gasteiger partial charge in [0.25, 0.3) is 5.91 Å². The summed E-state index contributed by atoms with van der Waals surface area (Å²) in [6, 6.07) is 10.3. The lowest BCUT2D eigenvalue weighted by Crippen LogP contribution is -2.14. The van der Waals surface area contributed by atoms with E-state index in [1.807, 2.05) is 0 Å². The van der Waals surface area contributed by atoms with E-state index in [2.05, 4.69) is 0 Å². The van der Waals surface area contributed by atoms with Crippen LogP contribution in [0.5, 0.6) is 0 Å². The molecular weight excluding hydrogens is 333 g/mol. The van der Waals surface area contributed by atoms with Crippen LogP contribution in [0.4, 0.5) is 4.39 Å². The number of hydrogen-bond donors (Lipinski definition) is 2. The van der Waals surface area contributed by atoms with Crippen molar-refractivity contribution >= 4 is 35.4 Å². The van der Waals surface area contributed by atoms with Gasteiger partial charge in [0, 0.05) is 16.7 Å². The van der Waals surface area contributed by atoms with Crippen LogP contribution in [0.2, 0.25) is 5.02 Å². The average molecular weight is 346 g/mol. The van der Waals surface area contributed by atoms with Crippen LogP contribution in [0.1, 0.15) is 21.5 Å². The zero-order valence-corrected chi connectivity index (χ0v) is 13.1. The molecule has 24 heavy (non-hydrogen) atoms. The molecule has 0 aliphatic carbocycles. The van der Waals surface area contributed by atoms with Gasteiger partial charge in [0.15, 0.2) is 5.78 Å². The van der Waals surface area contributed by atoms with Gasteiger partial charge in [-0.1, -0.05) is 23.7 Å². The van der Waals surface area contributed by atoms with Crippen molar-refractivity contribution in [1.82, 2.24) is 5.48 Å².